The van der Waals surface area contributed by atoms with Crippen molar-refractivity contribution in [3.05, 3.63) is 29.7 Å². The number of aromatic nitrogens is 2. The molecule has 0 radical (unpaired) electrons. The molecule has 1 saturated heterocycles. The summed E-state index contributed by atoms with van der Waals surface area (Å²) < 4.78 is 5.77. The fourth-order valence-corrected chi connectivity index (χ4v) is 2.39. The molecule has 21 heavy (non-hydrogen) atoms. The molecule has 0 spiro atoms. The van der Waals surface area contributed by atoms with E-state index in [0.717, 1.165) is 18.7 Å². The number of hydrogen-bond acceptors (Lipinski definition) is 5. The molecule has 3 heterocycles. The molecule has 0 bridgehead atoms. The van der Waals surface area contributed by atoms with Crippen LogP contribution >= 0.6 is 11.6 Å². The molecule has 1 amide bonds. The van der Waals surface area contributed by atoms with E-state index in [2.05, 4.69) is 9.97 Å². The number of carbonyl (C=O) groups excluding carboxylic acids is 1. The SMILES string of the molecule is CC(=O)N1CCN(c2ncc(-c3ccc(Cl)nc3)o2)CC1. The van der Waals surface area contributed by atoms with Crippen molar-refractivity contribution >= 4 is 23.5 Å². The smallest absolute Gasteiger partial charge is 0.297 e. The highest BCUT2D eigenvalue weighted by atomic mass is 35.5. The van der Waals surface area contributed by atoms with Crippen molar-refractivity contribution in [2.45, 2.75) is 6.92 Å². The van der Waals surface area contributed by atoms with Gasteiger partial charge in [-0.25, -0.2) is 9.97 Å². The summed E-state index contributed by atoms with van der Waals surface area (Å²) in [4.78, 5) is 23.5. The Morgan fingerprint density at radius 3 is 2.57 bits per heavy atom. The first kappa shape index (κ1) is 13.9. The molecule has 3 rings (SSSR count). The molecule has 7 heteroatoms. The Bertz CT molecular complexity index is 633. The van der Waals surface area contributed by atoms with E-state index in [4.69, 9.17) is 16.0 Å². The molecule has 0 aromatic carbocycles. The summed E-state index contributed by atoms with van der Waals surface area (Å²) in [5.41, 5.74) is 0.834. The average Bonchev–Trinajstić information content (AvgIpc) is 2.98. The first-order valence-electron chi connectivity index (χ1n) is 6.72. The number of anilines is 1. The topological polar surface area (TPSA) is 62.5 Å². The minimum Gasteiger partial charge on any atom is -0.423 e. The summed E-state index contributed by atoms with van der Waals surface area (Å²) in [5, 5.41) is 0.443. The first-order chi connectivity index (χ1) is 10.1. The zero-order valence-corrected chi connectivity index (χ0v) is 12.4. The number of rotatable bonds is 2. The van der Waals surface area contributed by atoms with Crippen molar-refractivity contribution < 1.29 is 9.21 Å². The Kier molecular flexibility index (Phi) is 3.79. The van der Waals surface area contributed by atoms with Gasteiger partial charge in [0, 0.05) is 44.9 Å². The fraction of sp³-hybridized carbons (Fsp3) is 0.357. The molecule has 1 fully saturated rings. The second-order valence-electron chi connectivity index (χ2n) is 4.87. The van der Waals surface area contributed by atoms with Crippen molar-refractivity contribution in [3.63, 3.8) is 0 Å². The lowest BCUT2D eigenvalue weighted by molar-refractivity contribution is -0.129. The third-order valence-corrected chi connectivity index (χ3v) is 3.72. The molecule has 110 valence electrons. The molecule has 0 atom stereocenters. The summed E-state index contributed by atoms with van der Waals surface area (Å²) in [7, 11) is 0. The quantitative estimate of drug-likeness (QED) is 0.795. The molecule has 2 aromatic heterocycles. The van der Waals surface area contributed by atoms with Gasteiger partial charge in [-0.15, -0.1) is 0 Å². The van der Waals surface area contributed by atoms with E-state index in [1.54, 1.807) is 25.4 Å². The fourth-order valence-electron chi connectivity index (χ4n) is 2.28. The first-order valence-corrected chi connectivity index (χ1v) is 7.09. The number of halogens is 1. The van der Waals surface area contributed by atoms with Crippen molar-refractivity contribution in [2.75, 3.05) is 31.1 Å². The van der Waals surface area contributed by atoms with Gasteiger partial charge in [0.1, 0.15) is 5.15 Å². The summed E-state index contributed by atoms with van der Waals surface area (Å²) in [6.07, 6.45) is 3.33. The Hall–Kier alpha value is -2.08. The van der Waals surface area contributed by atoms with Crippen LogP contribution in [0.2, 0.25) is 5.15 Å². The number of nitrogens with zero attached hydrogens (tertiary/aromatic N) is 4. The predicted molar refractivity (Wildman–Crippen MR) is 79.2 cm³/mol. The van der Waals surface area contributed by atoms with Crippen LogP contribution in [0.25, 0.3) is 11.3 Å². The van der Waals surface area contributed by atoms with E-state index in [-0.39, 0.29) is 5.91 Å². The summed E-state index contributed by atoms with van der Waals surface area (Å²) >= 11 is 5.77. The average molecular weight is 307 g/mol. The van der Waals surface area contributed by atoms with Crippen molar-refractivity contribution in [3.8, 4) is 11.3 Å². The van der Waals surface area contributed by atoms with Gasteiger partial charge in [0.2, 0.25) is 5.91 Å². The molecule has 0 aliphatic carbocycles. The zero-order valence-electron chi connectivity index (χ0n) is 11.6. The van der Waals surface area contributed by atoms with Crippen LogP contribution in [-0.4, -0.2) is 47.0 Å². The molecule has 0 N–H and O–H groups in total. The van der Waals surface area contributed by atoms with Gasteiger partial charge in [0.05, 0.1) is 6.20 Å². The van der Waals surface area contributed by atoms with Gasteiger partial charge < -0.3 is 14.2 Å². The summed E-state index contributed by atoms with van der Waals surface area (Å²) in [6, 6.07) is 4.13. The molecule has 0 unspecified atom stereocenters. The van der Waals surface area contributed by atoms with E-state index >= 15 is 0 Å². The molecule has 6 nitrogen and oxygen atoms in total. The lowest BCUT2D eigenvalue weighted by Crippen LogP contribution is -2.48. The minimum absolute atomic E-state index is 0.106. The monoisotopic (exact) mass is 306 g/mol. The molecule has 2 aromatic rings. The predicted octanol–water partition coefficient (Wildman–Crippen LogP) is 2.06. The van der Waals surface area contributed by atoms with Gasteiger partial charge in [0.15, 0.2) is 5.76 Å². The van der Waals surface area contributed by atoms with E-state index in [1.165, 1.54) is 0 Å². The van der Waals surface area contributed by atoms with Crippen LogP contribution in [0.1, 0.15) is 6.92 Å². The lowest BCUT2D eigenvalue weighted by Gasteiger charge is -2.33. The lowest BCUT2D eigenvalue weighted by atomic mass is 10.2. The Morgan fingerprint density at radius 2 is 1.95 bits per heavy atom. The zero-order chi connectivity index (χ0) is 14.8. The minimum atomic E-state index is 0.106. The third-order valence-electron chi connectivity index (χ3n) is 3.50. The van der Waals surface area contributed by atoms with Crippen LogP contribution in [0.15, 0.2) is 28.9 Å². The van der Waals surface area contributed by atoms with Crippen molar-refractivity contribution in [1.29, 1.82) is 0 Å². The maximum absolute atomic E-state index is 11.3. The van der Waals surface area contributed by atoms with Crippen LogP contribution in [0, 0.1) is 0 Å². The second-order valence-corrected chi connectivity index (χ2v) is 5.26. The van der Waals surface area contributed by atoms with E-state index < -0.39 is 0 Å². The molecule has 0 saturated carbocycles. The number of carbonyl (C=O) groups is 1. The number of oxazole rings is 1. The largest absolute Gasteiger partial charge is 0.423 e. The maximum atomic E-state index is 11.3. The number of hydrogen-bond donors (Lipinski definition) is 0. The normalized spacial score (nSPS) is 15.3. The Morgan fingerprint density at radius 1 is 1.19 bits per heavy atom. The van der Waals surface area contributed by atoms with Crippen LogP contribution in [0.4, 0.5) is 6.01 Å². The van der Waals surface area contributed by atoms with Crippen molar-refractivity contribution in [1.82, 2.24) is 14.9 Å². The van der Waals surface area contributed by atoms with Crippen LogP contribution < -0.4 is 4.90 Å². The molecular weight excluding hydrogens is 292 g/mol. The number of pyridine rings is 1. The van der Waals surface area contributed by atoms with Gasteiger partial charge in [0.25, 0.3) is 6.01 Å². The van der Waals surface area contributed by atoms with E-state index in [1.807, 2.05) is 15.9 Å². The summed E-state index contributed by atoms with van der Waals surface area (Å²) in [6.45, 7) is 4.41. The highest BCUT2D eigenvalue weighted by molar-refractivity contribution is 6.29. The van der Waals surface area contributed by atoms with Gasteiger partial charge >= 0.3 is 0 Å². The van der Waals surface area contributed by atoms with Crippen molar-refractivity contribution in [2.24, 2.45) is 0 Å². The molecule has 1 aliphatic heterocycles. The molecule has 1 aliphatic rings. The Labute approximate surface area is 127 Å². The van der Waals surface area contributed by atoms with Gasteiger partial charge in [-0.1, -0.05) is 11.6 Å². The number of amides is 1. The van der Waals surface area contributed by atoms with Gasteiger partial charge in [-0.05, 0) is 12.1 Å². The van der Waals surface area contributed by atoms with E-state index in [9.17, 15) is 4.79 Å². The highest BCUT2D eigenvalue weighted by Crippen LogP contribution is 2.25. The van der Waals surface area contributed by atoms with Crippen LogP contribution in [-0.2, 0) is 4.79 Å². The maximum Gasteiger partial charge on any atom is 0.297 e. The van der Waals surface area contributed by atoms with Crippen LogP contribution in [0.5, 0.6) is 0 Å². The third kappa shape index (κ3) is 3.00. The van der Waals surface area contributed by atoms with Gasteiger partial charge in [-0.3, -0.25) is 4.79 Å². The summed E-state index contributed by atoms with van der Waals surface area (Å²) in [5.74, 6) is 0.762. The van der Waals surface area contributed by atoms with Crippen LogP contribution in [0.3, 0.4) is 0 Å². The Balaban J connectivity index is 1.71. The second kappa shape index (κ2) is 5.73. The number of piperazine rings is 1. The highest BCUT2D eigenvalue weighted by Gasteiger charge is 2.22. The van der Waals surface area contributed by atoms with E-state index in [0.29, 0.717) is 30.0 Å². The standard InChI is InChI=1S/C14H15ClN4O2/c1-10(20)18-4-6-19(7-5-18)14-17-9-12(21-14)11-2-3-13(15)16-8-11/h2-3,8-9H,4-7H2,1H3. The van der Waals surface area contributed by atoms with Gasteiger partial charge in [-0.2, -0.15) is 0 Å². The molecular formula is C14H15ClN4O2.